The zero-order valence-electron chi connectivity index (χ0n) is 16.9. The molecule has 0 spiro atoms. The Morgan fingerprint density at radius 1 is 1.34 bits per heavy atom. The van der Waals surface area contributed by atoms with Gasteiger partial charge in [-0.05, 0) is 59.9 Å². The summed E-state index contributed by atoms with van der Waals surface area (Å²) in [5.41, 5.74) is 3.02. The molecule has 2 atom stereocenters. The van der Waals surface area contributed by atoms with Crippen molar-refractivity contribution in [3.8, 4) is 6.07 Å². The number of nitriles is 1. The van der Waals surface area contributed by atoms with Crippen LogP contribution in [0.5, 0.6) is 0 Å². The lowest BCUT2D eigenvalue weighted by atomic mass is 10.0. The van der Waals surface area contributed by atoms with Crippen molar-refractivity contribution >= 4 is 22.5 Å². The minimum absolute atomic E-state index is 0.143. The van der Waals surface area contributed by atoms with E-state index in [4.69, 9.17) is 5.11 Å². The molecule has 0 amide bonds. The fraction of sp³-hybridized carbons (Fsp3) is 0.375. The number of anilines is 1. The monoisotopic (exact) mass is 391 g/mol. The molecule has 0 saturated carbocycles. The molecule has 5 nitrogen and oxygen atoms in total. The molecule has 0 bridgehead atoms. The van der Waals surface area contributed by atoms with Gasteiger partial charge in [-0.25, -0.2) is 0 Å². The van der Waals surface area contributed by atoms with Crippen molar-refractivity contribution in [1.29, 1.82) is 5.26 Å². The number of benzene rings is 2. The fourth-order valence-electron chi connectivity index (χ4n) is 3.87. The van der Waals surface area contributed by atoms with E-state index >= 15 is 0 Å². The molecule has 3 N–H and O–H groups in total. The zero-order valence-corrected chi connectivity index (χ0v) is 16.9. The molecule has 1 aliphatic rings. The summed E-state index contributed by atoms with van der Waals surface area (Å²) in [4.78, 5) is 2.51. The van der Waals surface area contributed by atoms with Gasteiger partial charge in [-0.2, -0.15) is 5.26 Å². The van der Waals surface area contributed by atoms with Crippen LogP contribution in [0.25, 0.3) is 16.8 Å². The Kier molecular flexibility index (Phi) is 6.92. The van der Waals surface area contributed by atoms with E-state index in [2.05, 4.69) is 60.1 Å². The van der Waals surface area contributed by atoms with Gasteiger partial charge in [0.1, 0.15) is 6.07 Å². The summed E-state index contributed by atoms with van der Waals surface area (Å²) in [6, 6.07) is 15.5. The van der Waals surface area contributed by atoms with Crippen LogP contribution < -0.4 is 10.2 Å². The maximum Gasteiger partial charge on any atom is 0.101 e. The average molecular weight is 392 g/mol. The molecule has 2 unspecified atom stereocenters. The van der Waals surface area contributed by atoms with Gasteiger partial charge in [0.15, 0.2) is 0 Å². The van der Waals surface area contributed by atoms with E-state index in [1.54, 1.807) is 6.08 Å². The van der Waals surface area contributed by atoms with Crippen molar-refractivity contribution in [2.75, 3.05) is 24.6 Å². The Bertz CT molecular complexity index is 945. The highest BCUT2D eigenvalue weighted by atomic mass is 16.3. The summed E-state index contributed by atoms with van der Waals surface area (Å²) in [7, 11) is 0. The van der Waals surface area contributed by atoms with Gasteiger partial charge in [0.25, 0.3) is 0 Å². The van der Waals surface area contributed by atoms with Gasteiger partial charge < -0.3 is 20.4 Å². The van der Waals surface area contributed by atoms with Crippen LogP contribution in [-0.2, 0) is 0 Å². The molecule has 1 fully saturated rings. The van der Waals surface area contributed by atoms with Gasteiger partial charge in [-0.3, -0.25) is 0 Å². The lowest BCUT2D eigenvalue weighted by Gasteiger charge is -2.26. The Morgan fingerprint density at radius 2 is 2.10 bits per heavy atom. The van der Waals surface area contributed by atoms with Crippen molar-refractivity contribution < 1.29 is 10.2 Å². The van der Waals surface area contributed by atoms with Gasteiger partial charge in [-0.1, -0.05) is 31.7 Å². The van der Waals surface area contributed by atoms with Crippen molar-refractivity contribution in [3.05, 3.63) is 59.8 Å². The molecule has 3 rings (SSSR count). The van der Waals surface area contributed by atoms with Gasteiger partial charge in [0.05, 0.1) is 18.3 Å². The molecule has 2 aromatic rings. The number of aliphatic hydroxyl groups excluding tert-OH is 2. The fourth-order valence-corrected chi connectivity index (χ4v) is 3.87. The smallest absolute Gasteiger partial charge is 0.101 e. The lowest BCUT2D eigenvalue weighted by Crippen LogP contribution is -2.29. The Morgan fingerprint density at radius 3 is 2.83 bits per heavy atom. The summed E-state index contributed by atoms with van der Waals surface area (Å²) >= 11 is 0. The number of nitrogens with one attached hydrogen (secondary N) is 1. The number of hydrogen-bond acceptors (Lipinski definition) is 5. The van der Waals surface area contributed by atoms with E-state index in [9.17, 15) is 10.4 Å². The first-order valence-corrected chi connectivity index (χ1v) is 10.2. The van der Waals surface area contributed by atoms with Crippen LogP contribution in [0.2, 0.25) is 0 Å². The normalized spacial score (nSPS) is 17.9. The Balaban J connectivity index is 1.80. The summed E-state index contributed by atoms with van der Waals surface area (Å²) in [5, 5.41) is 33.0. The first-order chi connectivity index (χ1) is 14.0. The van der Waals surface area contributed by atoms with Gasteiger partial charge in [0, 0.05) is 30.5 Å². The molecule has 29 heavy (non-hydrogen) atoms. The summed E-state index contributed by atoms with van der Waals surface area (Å²) < 4.78 is 0. The van der Waals surface area contributed by atoms with Crippen LogP contribution in [0.15, 0.2) is 54.2 Å². The zero-order chi connectivity index (χ0) is 20.8. The maximum absolute atomic E-state index is 9.46. The molecule has 152 valence electrons. The number of allylic oxidation sites excluding steroid dienone is 1. The number of aliphatic hydroxyl groups is 2. The third-order valence-electron chi connectivity index (χ3n) is 5.55. The molecule has 1 saturated heterocycles. The predicted molar refractivity (Wildman–Crippen MR) is 118 cm³/mol. The standard InChI is InChI=1S/C24H29N3O2/c1-3-22-5-4-10-27(22)23-9-8-19-11-18(6-7-20(19)13-23)12-21(14-25)17(2)26-15-24(29)16-28/h6-9,11-13,22,24,26,28-29H,2-5,10,15-16H2,1H3/b21-12+. The van der Waals surface area contributed by atoms with Crippen LogP contribution in [0.3, 0.4) is 0 Å². The largest absolute Gasteiger partial charge is 0.394 e. The molecule has 0 radical (unpaired) electrons. The van der Waals surface area contributed by atoms with Crippen LogP contribution in [-0.4, -0.2) is 42.1 Å². The molecule has 0 aromatic heterocycles. The van der Waals surface area contributed by atoms with Gasteiger partial charge in [0.2, 0.25) is 0 Å². The van der Waals surface area contributed by atoms with E-state index in [-0.39, 0.29) is 13.2 Å². The van der Waals surface area contributed by atoms with Crippen LogP contribution in [0, 0.1) is 11.3 Å². The highest BCUT2D eigenvalue weighted by Gasteiger charge is 2.22. The summed E-state index contributed by atoms with van der Waals surface area (Å²) in [6.07, 6.45) is 4.59. The maximum atomic E-state index is 9.46. The van der Waals surface area contributed by atoms with Gasteiger partial charge >= 0.3 is 0 Å². The number of nitrogens with zero attached hydrogens (tertiary/aromatic N) is 2. The van der Waals surface area contributed by atoms with Crippen LogP contribution >= 0.6 is 0 Å². The van der Waals surface area contributed by atoms with Crippen molar-refractivity contribution in [3.63, 3.8) is 0 Å². The highest BCUT2D eigenvalue weighted by Crippen LogP contribution is 2.30. The first-order valence-electron chi connectivity index (χ1n) is 10.2. The van der Waals surface area contributed by atoms with E-state index in [0.717, 1.165) is 17.5 Å². The number of hydrogen-bond donors (Lipinski definition) is 3. The van der Waals surface area contributed by atoms with E-state index in [1.807, 2.05) is 6.07 Å². The van der Waals surface area contributed by atoms with Crippen molar-refractivity contribution in [2.45, 2.75) is 38.3 Å². The molecular formula is C24H29N3O2. The third kappa shape index (κ3) is 4.97. The van der Waals surface area contributed by atoms with Gasteiger partial charge in [-0.15, -0.1) is 0 Å². The molecular weight excluding hydrogens is 362 g/mol. The summed E-state index contributed by atoms with van der Waals surface area (Å²) in [6.45, 7) is 7.04. The highest BCUT2D eigenvalue weighted by molar-refractivity contribution is 5.88. The molecule has 1 heterocycles. The molecule has 1 aliphatic heterocycles. The molecule has 5 heteroatoms. The lowest BCUT2D eigenvalue weighted by molar-refractivity contribution is 0.0967. The molecule has 0 aliphatic carbocycles. The predicted octanol–water partition coefficient (Wildman–Crippen LogP) is 3.58. The van der Waals surface area contributed by atoms with E-state index in [0.29, 0.717) is 17.3 Å². The minimum Gasteiger partial charge on any atom is -0.394 e. The third-order valence-corrected chi connectivity index (χ3v) is 5.55. The van der Waals surface area contributed by atoms with Crippen LogP contribution in [0.4, 0.5) is 5.69 Å². The Hall–Kier alpha value is -2.81. The molecule has 2 aromatic carbocycles. The van der Waals surface area contributed by atoms with E-state index < -0.39 is 6.10 Å². The first kappa shape index (κ1) is 20.9. The quantitative estimate of drug-likeness (QED) is 0.473. The second kappa shape index (κ2) is 9.60. The minimum atomic E-state index is -0.885. The second-order valence-corrected chi connectivity index (χ2v) is 7.55. The van der Waals surface area contributed by atoms with Crippen molar-refractivity contribution in [1.82, 2.24) is 5.32 Å². The SMILES string of the molecule is C=C(NCC(O)CO)/C(C#N)=C/c1ccc2cc(N3CCCC3CC)ccc2c1. The van der Waals surface area contributed by atoms with Crippen molar-refractivity contribution in [2.24, 2.45) is 0 Å². The number of rotatable bonds is 8. The van der Waals surface area contributed by atoms with E-state index in [1.165, 1.54) is 30.3 Å². The second-order valence-electron chi connectivity index (χ2n) is 7.55. The topological polar surface area (TPSA) is 79.5 Å². The average Bonchev–Trinajstić information content (AvgIpc) is 3.24. The Labute approximate surface area is 172 Å². The summed E-state index contributed by atoms with van der Waals surface area (Å²) in [5.74, 6) is 0. The number of fused-ring (bicyclic) bond motifs is 1. The van der Waals surface area contributed by atoms with Crippen LogP contribution in [0.1, 0.15) is 31.7 Å².